The number of pyridine rings is 1. The predicted molar refractivity (Wildman–Crippen MR) is 77.1 cm³/mol. The molecule has 1 aliphatic heterocycles. The molecule has 0 radical (unpaired) electrons. The van der Waals surface area contributed by atoms with Gasteiger partial charge < -0.3 is 14.5 Å². The van der Waals surface area contributed by atoms with E-state index in [0.29, 0.717) is 4.77 Å². The number of imidazole rings is 1. The highest BCUT2D eigenvalue weighted by Crippen LogP contribution is 2.34. The molecule has 1 N–H and O–H groups in total. The van der Waals surface area contributed by atoms with E-state index in [-0.39, 0.29) is 6.79 Å². The minimum Gasteiger partial charge on any atom is -0.454 e. The number of rotatable bonds is 1. The van der Waals surface area contributed by atoms with Crippen LogP contribution in [0.3, 0.4) is 0 Å². The zero-order valence-corrected chi connectivity index (χ0v) is 11.5. The average Bonchev–Trinajstić information content (AvgIpc) is 3.02. The second-order valence-electron chi connectivity index (χ2n) is 4.63. The number of aromatic nitrogens is 3. The third kappa shape index (κ3) is 1.55. The molecule has 1 aliphatic rings. The molecule has 0 fully saturated rings. The van der Waals surface area contributed by atoms with Gasteiger partial charge in [0.25, 0.3) is 0 Å². The van der Waals surface area contributed by atoms with Crippen LogP contribution in [0.25, 0.3) is 16.9 Å². The van der Waals surface area contributed by atoms with Crippen molar-refractivity contribution in [3.05, 3.63) is 40.8 Å². The highest BCUT2D eigenvalue weighted by atomic mass is 32.1. The van der Waals surface area contributed by atoms with E-state index in [1.807, 2.05) is 35.8 Å². The standard InChI is InChI=1S/C14H11N3O2S/c1-8-4-5-15-13-12(8)16-14(20)17(13)9-2-3-10-11(6-9)19-7-18-10/h2-6H,7H2,1H3,(H,16,20). The summed E-state index contributed by atoms with van der Waals surface area (Å²) in [4.78, 5) is 7.63. The van der Waals surface area contributed by atoms with Gasteiger partial charge in [-0.25, -0.2) is 4.98 Å². The fourth-order valence-corrected chi connectivity index (χ4v) is 2.68. The molecule has 100 valence electrons. The maximum Gasteiger partial charge on any atom is 0.231 e. The Balaban J connectivity index is 2.01. The Kier molecular flexibility index (Phi) is 2.34. The van der Waals surface area contributed by atoms with Crippen molar-refractivity contribution >= 4 is 23.4 Å². The molecule has 3 aromatic rings. The molecular weight excluding hydrogens is 274 g/mol. The van der Waals surface area contributed by atoms with Crippen LogP contribution in [0.1, 0.15) is 5.56 Å². The minimum absolute atomic E-state index is 0.259. The summed E-state index contributed by atoms with van der Waals surface area (Å²) in [5.41, 5.74) is 3.79. The van der Waals surface area contributed by atoms with Gasteiger partial charge in [-0.05, 0) is 42.9 Å². The highest BCUT2D eigenvalue weighted by molar-refractivity contribution is 7.71. The predicted octanol–water partition coefficient (Wildman–Crippen LogP) is 3.12. The number of nitrogens with zero attached hydrogens (tertiary/aromatic N) is 2. The van der Waals surface area contributed by atoms with Crippen molar-refractivity contribution in [1.82, 2.24) is 14.5 Å². The number of ether oxygens (including phenoxy) is 2. The summed E-state index contributed by atoms with van der Waals surface area (Å²) in [5.74, 6) is 1.48. The smallest absolute Gasteiger partial charge is 0.231 e. The number of hydrogen-bond acceptors (Lipinski definition) is 4. The van der Waals surface area contributed by atoms with Crippen molar-refractivity contribution in [2.24, 2.45) is 0 Å². The third-order valence-corrected chi connectivity index (χ3v) is 3.69. The first-order valence-corrected chi connectivity index (χ1v) is 6.61. The molecule has 1 aromatic carbocycles. The number of aromatic amines is 1. The zero-order valence-electron chi connectivity index (χ0n) is 10.7. The maximum absolute atomic E-state index is 5.42. The molecule has 5 nitrogen and oxygen atoms in total. The number of nitrogens with one attached hydrogen (secondary N) is 1. The topological polar surface area (TPSA) is 52.1 Å². The van der Waals surface area contributed by atoms with Gasteiger partial charge >= 0.3 is 0 Å². The normalized spacial score (nSPS) is 13.1. The van der Waals surface area contributed by atoms with Crippen LogP contribution in [0, 0.1) is 11.7 Å². The van der Waals surface area contributed by atoms with E-state index < -0.39 is 0 Å². The Hall–Kier alpha value is -2.34. The Morgan fingerprint density at radius 1 is 1.25 bits per heavy atom. The maximum atomic E-state index is 5.42. The van der Waals surface area contributed by atoms with E-state index in [9.17, 15) is 0 Å². The molecule has 3 heterocycles. The zero-order chi connectivity index (χ0) is 13.7. The van der Waals surface area contributed by atoms with Gasteiger partial charge in [0.15, 0.2) is 21.9 Å². The van der Waals surface area contributed by atoms with E-state index in [0.717, 1.165) is 33.9 Å². The van der Waals surface area contributed by atoms with Crippen molar-refractivity contribution in [2.45, 2.75) is 6.92 Å². The lowest BCUT2D eigenvalue weighted by atomic mass is 10.2. The van der Waals surface area contributed by atoms with Crippen molar-refractivity contribution < 1.29 is 9.47 Å². The van der Waals surface area contributed by atoms with Gasteiger partial charge in [-0.1, -0.05) is 0 Å². The first kappa shape index (κ1) is 11.5. The van der Waals surface area contributed by atoms with Crippen LogP contribution in [0.15, 0.2) is 30.5 Å². The molecular formula is C14H11N3O2S. The minimum atomic E-state index is 0.259. The molecule has 0 spiro atoms. The van der Waals surface area contributed by atoms with E-state index in [1.165, 1.54) is 0 Å². The van der Waals surface area contributed by atoms with Gasteiger partial charge in [0.2, 0.25) is 6.79 Å². The summed E-state index contributed by atoms with van der Waals surface area (Å²) < 4.78 is 13.3. The number of fused-ring (bicyclic) bond motifs is 2. The molecule has 0 unspecified atom stereocenters. The van der Waals surface area contributed by atoms with Crippen molar-refractivity contribution in [2.75, 3.05) is 6.79 Å². The summed E-state index contributed by atoms with van der Waals surface area (Å²) >= 11 is 5.42. The fraction of sp³-hybridized carbons (Fsp3) is 0.143. The molecule has 0 atom stereocenters. The number of aryl methyl sites for hydroxylation is 1. The van der Waals surface area contributed by atoms with Crippen molar-refractivity contribution in [3.63, 3.8) is 0 Å². The largest absolute Gasteiger partial charge is 0.454 e. The number of benzene rings is 1. The van der Waals surface area contributed by atoms with Crippen LogP contribution in [-0.2, 0) is 0 Å². The summed E-state index contributed by atoms with van der Waals surface area (Å²) in [7, 11) is 0. The van der Waals surface area contributed by atoms with Gasteiger partial charge in [-0.15, -0.1) is 0 Å². The van der Waals surface area contributed by atoms with Crippen LogP contribution in [-0.4, -0.2) is 21.3 Å². The van der Waals surface area contributed by atoms with E-state index in [4.69, 9.17) is 21.7 Å². The van der Waals surface area contributed by atoms with Gasteiger partial charge in [0.05, 0.1) is 11.2 Å². The van der Waals surface area contributed by atoms with Crippen molar-refractivity contribution in [3.8, 4) is 17.2 Å². The average molecular weight is 285 g/mol. The summed E-state index contributed by atoms with van der Waals surface area (Å²) in [6, 6.07) is 7.70. The summed E-state index contributed by atoms with van der Waals surface area (Å²) in [6.07, 6.45) is 1.78. The molecule has 0 amide bonds. The van der Waals surface area contributed by atoms with Gasteiger partial charge in [0.1, 0.15) is 0 Å². The Labute approximate surface area is 119 Å². The van der Waals surface area contributed by atoms with Gasteiger partial charge in [-0.2, -0.15) is 0 Å². The first-order valence-electron chi connectivity index (χ1n) is 6.20. The van der Waals surface area contributed by atoms with Gasteiger partial charge in [0, 0.05) is 12.3 Å². The first-order chi connectivity index (χ1) is 9.74. The van der Waals surface area contributed by atoms with Crippen LogP contribution >= 0.6 is 12.2 Å². The molecule has 0 bridgehead atoms. The Morgan fingerprint density at radius 2 is 2.10 bits per heavy atom. The molecule has 20 heavy (non-hydrogen) atoms. The fourth-order valence-electron chi connectivity index (χ4n) is 2.39. The van der Waals surface area contributed by atoms with Crippen LogP contribution < -0.4 is 9.47 Å². The monoisotopic (exact) mass is 285 g/mol. The van der Waals surface area contributed by atoms with Crippen LogP contribution in [0.4, 0.5) is 0 Å². The lowest BCUT2D eigenvalue weighted by Crippen LogP contribution is -1.96. The van der Waals surface area contributed by atoms with E-state index in [1.54, 1.807) is 6.20 Å². The molecule has 6 heteroatoms. The second-order valence-corrected chi connectivity index (χ2v) is 5.02. The number of H-pyrrole nitrogens is 1. The lowest BCUT2D eigenvalue weighted by Gasteiger charge is -2.05. The van der Waals surface area contributed by atoms with Crippen LogP contribution in [0.5, 0.6) is 11.5 Å². The quantitative estimate of drug-likeness (QED) is 0.698. The van der Waals surface area contributed by atoms with E-state index in [2.05, 4.69) is 9.97 Å². The highest BCUT2D eigenvalue weighted by Gasteiger charge is 2.16. The second kappa shape index (κ2) is 4.08. The molecule has 2 aromatic heterocycles. The Morgan fingerprint density at radius 3 is 3.00 bits per heavy atom. The Bertz CT molecular complexity index is 882. The summed E-state index contributed by atoms with van der Waals surface area (Å²) in [6.45, 7) is 2.29. The van der Waals surface area contributed by atoms with Gasteiger partial charge in [-0.3, -0.25) is 4.57 Å². The molecule has 0 aliphatic carbocycles. The molecule has 4 rings (SSSR count). The lowest BCUT2D eigenvalue weighted by molar-refractivity contribution is 0.174. The number of hydrogen-bond donors (Lipinski definition) is 1. The third-order valence-electron chi connectivity index (χ3n) is 3.40. The summed E-state index contributed by atoms with van der Waals surface area (Å²) in [5, 5.41) is 0. The van der Waals surface area contributed by atoms with Crippen molar-refractivity contribution in [1.29, 1.82) is 0 Å². The molecule has 0 saturated carbocycles. The molecule has 0 saturated heterocycles. The SMILES string of the molecule is Cc1ccnc2c1[nH]c(=S)n2-c1ccc2c(c1)OCO2. The van der Waals surface area contributed by atoms with Crippen LogP contribution in [0.2, 0.25) is 0 Å². The van der Waals surface area contributed by atoms with E-state index >= 15 is 0 Å².